The number of carbonyl (C=O) groups is 1. The first kappa shape index (κ1) is 9.24. The van der Waals surface area contributed by atoms with Crippen molar-refractivity contribution in [1.82, 2.24) is 9.55 Å². The van der Waals surface area contributed by atoms with Crippen LogP contribution in [-0.2, 0) is 16.1 Å². The van der Waals surface area contributed by atoms with Crippen LogP contribution in [0.4, 0.5) is 5.82 Å². The fourth-order valence-corrected chi connectivity index (χ4v) is 0.800. The van der Waals surface area contributed by atoms with Gasteiger partial charge in [-0.2, -0.15) is 0 Å². The number of carbonyl (C=O) groups excluding carboxylic acids is 1. The number of methoxy groups -OCH3 is 1. The van der Waals surface area contributed by atoms with E-state index in [1.54, 1.807) is 0 Å². The van der Waals surface area contributed by atoms with Gasteiger partial charge in [0.25, 0.3) is 0 Å². The van der Waals surface area contributed by atoms with E-state index >= 15 is 0 Å². The normalized spacial score (nSPS) is 9.62. The summed E-state index contributed by atoms with van der Waals surface area (Å²) < 4.78 is 5.42. The Morgan fingerprint density at radius 3 is 3.00 bits per heavy atom. The van der Waals surface area contributed by atoms with Gasteiger partial charge in [-0.3, -0.25) is 9.36 Å². The molecule has 0 fully saturated rings. The van der Waals surface area contributed by atoms with Crippen LogP contribution >= 0.6 is 0 Å². The number of nitrogens with zero attached hydrogens (tertiary/aromatic N) is 2. The first-order chi connectivity index (χ1) is 6.15. The van der Waals surface area contributed by atoms with Gasteiger partial charge in [0.15, 0.2) is 0 Å². The Morgan fingerprint density at radius 2 is 2.46 bits per heavy atom. The molecule has 0 saturated heterocycles. The van der Waals surface area contributed by atoms with Gasteiger partial charge < -0.3 is 10.5 Å². The van der Waals surface area contributed by atoms with Gasteiger partial charge in [0, 0.05) is 6.20 Å². The van der Waals surface area contributed by atoms with E-state index in [0.717, 1.165) is 4.57 Å². The van der Waals surface area contributed by atoms with E-state index in [0.29, 0.717) is 0 Å². The molecule has 0 bridgehead atoms. The molecule has 0 unspecified atom stereocenters. The Bertz CT molecular complexity index is 371. The molecule has 0 aliphatic heterocycles. The number of hydrogen-bond donors (Lipinski definition) is 1. The number of nitrogen functional groups attached to an aromatic ring is 1. The Balaban J connectivity index is 3.00. The van der Waals surface area contributed by atoms with Crippen molar-refractivity contribution >= 4 is 11.8 Å². The van der Waals surface area contributed by atoms with Gasteiger partial charge in [0.1, 0.15) is 12.4 Å². The summed E-state index contributed by atoms with van der Waals surface area (Å²) in [7, 11) is 1.24. The van der Waals surface area contributed by atoms with E-state index in [4.69, 9.17) is 5.73 Å². The standard InChI is InChI=1S/C7H9N3O3/c1-13-6(11)4-10-5(8)2-3-9-7(10)12/h2-3H,4,8H2,1H3. The minimum Gasteiger partial charge on any atom is -0.468 e. The molecule has 0 atom stereocenters. The number of nitrogens with two attached hydrogens (primary N) is 1. The van der Waals surface area contributed by atoms with Crippen molar-refractivity contribution in [1.29, 1.82) is 0 Å². The summed E-state index contributed by atoms with van der Waals surface area (Å²) in [5.41, 5.74) is 4.88. The molecule has 2 N–H and O–H groups in total. The van der Waals surface area contributed by atoms with Crippen molar-refractivity contribution in [2.45, 2.75) is 6.54 Å². The second-order valence-corrected chi connectivity index (χ2v) is 2.31. The quantitative estimate of drug-likeness (QED) is 0.594. The lowest BCUT2D eigenvalue weighted by Crippen LogP contribution is -2.28. The largest absolute Gasteiger partial charge is 0.468 e. The zero-order valence-corrected chi connectivity index (χ0v) is 7.06. The molecule has 1 aromatic heterocycles. The SMILES string of the molecule is COC(=O)Cn1c(N)ccnc1=O. The van der Waals surface area contributed by atoms with Gasteiger partial charge in [-0.25, -0.2) is 9.78 Å². The molecule has 1 rings (SSSR count). The molecule has 1 heterocycles. The molecule has 0 aromatic carbocycles. The molecule has 0 spiro atoms. The average Bonchev–Trinajstić information content (AvgIpc) is 2.11. The third-order valence-corrected chi connectivity index (χ3v) is 1.49. The molecule has 13 heavy (non-hydrogen) atoms. The van der Waals surface area contributed by atoms with E-state index in [2.05, 4.69) is 9.72 Å². The summed E-state index contributed by atoms with van der Waals surface area (Å²) in [6, 6.07) is 1.43. The summed E-state index contributed by atoms with van der Waals surface area (Å²) in [6.07, 6.45) is 1.28. The first-order valence-corrected chi connectivity index (χ1v) is 3.53. The van der Waals surface area contributed by atoms with Crippen LogP contribution in [-0.4, -0.2) is 22.6 Å². The van der Waals surface area contributed by atoms with E-state index in [1.165, 1.54) is 19.4 Å². The van der Waals surface area contributed by atoms with Crippen LogP contribution in [0, 0.1) is 0 Å². The molecule has 6 nitrogen and oxygen atoms in total. The number of anilines is 1. The molecular weight excluding hydrogens is 174 g/mol. The Morgan fingerprint density at radius 1 is 1.77 bits per heavy atom. The number of rotatable bonds is 2. The Hall–Kier alpha value is -1.85. The highest BCUT2D eigenvalue weighted by molar-refractivity contribution is 5.69. The van der Waals surface area contributed by atoms with Gasteiger partial charge in [-0.05, 0) is 6.07 Å². The fourth-order valence-electron chi connectivity index (χ4n) is 0.800. The number of aromatic nitrogens is 2. The molecule has 0 aliphatic carbocycles. The van der Waals surface area contributed by atoms with Crippen molar-refractivity contribution in [3.63, 3.8) is 0 Å². The van der Waals surface area contributed by atoms with E-state index in [1.807, 2.05) is 0 Å². The van der Waals surface area contributed by atoms with Crippen molar-refractivity contribution in [2.24, 2.45) is 0 Å². The van der Waals surface area contributed by atoms with Crippen LogP contribution in [0.3, 0.4) is 0 Å². The van der Waals surface area contributed by atoms with Crippen molar-refractivity contribution in [3.05, 3.63) is 22.7 Å². The van der Waals surface area contributed by atoms with E-state index in [-0.39, 0.29) is 12.4 Å². The average molecular weight is 183 g/mol. The lowest BCUT2D eigenvalue weighted by atomic mass is 10.5. The van der Waals surface area contributed by atoms with Crippen molar-refractivity contribution < 1.29 is 9.53 Å². The van der Waals surface area contributed by atoms with Gasteiger partial charge in [-0.1, -0.05) is 0 Å². The maximum atomic E-state index is 11.1. The fraction of sp³-hybridized carbons (Fsp3) is 0.286. The highest BCUT2D eigenvalue weighted by atomic mass is 16.5. The number of hydrogen-bond acceptors (Lipinski definition) is 5. The van der Waals surface area contributed by atoms with E-state index in [9.17, 15) is 9.59 Å². The van der Waals surface area contributed by atoms with Crippen LogP contribution in [0.2, 0.25) is 0 Å². The molecule has 0 aliphatic rings. The van der Waals surface area contributed by atoms with E-state index < -0.39 is 11.7 Å². The lowest BCUT2D eigenvalue weighted by Gasteiger charge is -2.05. The van der Waals surface area contributed by atoms with Gasteiger partial charge >= 0.3 is 11.7 Å². The summed E-state index contributed by atoms with van der Waals surface area (Å²) >= 11 is 0. The topological polar surface area (TPSA) is 87.2 Å². The minimum absolute atomic E-state index is 0.186. The molecule has 0 radical (unpaired) electrons. The predicted molar refractivity (Wildman–Crippen MR) is 44.9 cm³/mol. The predicted octanol–water partition coefficient (Wildman–Crippen LogP) is -1.00. The van der Waals surface area contributed by atoms with Crippen LogP contribution in [0.5, 0.6) is 0 Å². The van der Waals surface area contributed by atoms with Gasteiger partial charge in [0.05, 0.1) is 7.11 Å². The summed E-state index contributed by atoms with van der Waals surface area (Å²) in [5, 5.41) is 0. The Labute approximate surface area is 74.0 Å². The first-order valence-electron chi connectivity index (χ1n) is 3.53. The lowest BCUT2D eigenvalue weighted by molar-refractivity contribution is -0.141. The van der Waals surface area contributed by atoms with Crippen LogP contribution < -0.4 is 11.4 Å². The molecule has 0 saturated carbocycles. The zero-order chi connectivity index (χ0) is 9.84. The van der Waals surface area contributed by atoms with Gasteiger partial charge in [0.2, 0.25) is 0 Å². The third-order valence-electron chi connectivity index (χ3n) is 1.49. The van der Waals surface area contributed by atoms with Crippen LogP contribution in [0.15, 0.2) is 17.1 Å². The minimum atomic E-state index is -0.564. The highest BCUT2D eigenvalue weighted by Crippen LogP contribution is 1.95. The maximum absolute atomic E-state index is 11.1. The highest BCUT2D eigenvalue weighted by Gasteiger charge is 2.06. The number of ether oxygens (including phenoxy) is 1. The maximum Gasteiger partial charge on any atom is 0.349 e. The third kappa shape index (κ3) is 2.05. The zero-order valence-electron chi connectivity index (χ0n) is 7.06. The molecule has 6 heteroatoms. The Kier molecular flexibility index (Phi) is 2.63. The monoisotopic (exact) mass is 183 g/mol. The van der Waals surface area contributed by atoms with Crippen molar-refractivity contribution in [3.8, 4) is 0 Å². The molecule has 70 valence electrons. The summed E-state index contributed by atoms with van der Waals surface area (Å²) in [5.74, 6) is -0.354. The van der Waals surface area contributed by atoms with Crippen LogP contribution in [0.25, 0.3) is 0 Å². The van der Waals surface area contributed by atoms with Gasteiger partial charge in [-0.15, -0.1) is 0 Å². The molecule has 0 amide bonds. The summed E-state index contributed by atoms with van der Waals surface area (Å²) in [6.45, 7) is -0.213. The molecule has 1 aromatic rings. The number of esters is 1. The second-order valence-electron chi connectivity index (χ2n) is 2.31. The smallest absolute Gasteiger partial charge is 0.349 e. The summed E-state index contributed by atoms with van der Waals surface area (Å²) in [4.78, 5) is 25.3. The second kappa shape index (κ2) is 3.70. The molecular formula is C7H9N3O3. The van der Waals surface area contributed by atoms with Crippen LogP contribution in [0.1, 0.15) is 0 Å². The van der Waals surface area contributed by atoms with Crippen molar-refractivity contribution in [2.75, 3.05) is 12.8 Å².